The zero-order valence-corrected chi connectivity index (χ0v) is 27.1. The Labute approximate surface area is 267 Å². The number of rotatable bonds is 12. The third kappa shape index (κ3) is 7.09. The first-order valence-electron chi connectivity index (χ1n) is 16.3. The second-order valence-corrected chi connectivity index (χ2v) is 16.2. The molecule has 3 aliphatic rings. The molecule has 46 heavy (non-hydrogen) atoms. The number of alkyl halides is 5. The van der Waals surface area contributed by atoms with Crippen molar-refractivity contribution in [2.75, 3.05) is 18.1 Å². The third-order valence-electron chi connectivity index (χ3n) is 10.8. The van der Waals surface area contributed by atoms with Crippen LogP contribution in [0.1, 0.15) is 93.7 Å². The highest BCUT2D eigenvalue weighted by molar-refractivity contribution is 7.91. The minimum Gasteiger partial charge on any atom is -0.508 e. The number of ketones is 1. The fraction of sp³-hybridized carbons (Fsp3) is 0.629. The third-order valence-corrected chi connectivity index (χ3v) is 12.6. The number of hydrogen-bond donors (Lipinski definition) is 1. The van der Waals surface area contributed by atoms with E-state index in [1.54, 1.807) is 6.07 Å². The van der Waals surface area contributed by atoms with Gasteiger partial charge in [0.15, 0.2) is 0 Å². The number of phenols is 1. The Bertz CT molecular complexity index is 1510. The van der Waals surface area contributed by atoms with E-state index in [9.17, 15) is 40.3 Å². The van der Waals surface area contributed by atoms with Crippen molar-refractivity contribution in [1.82, 2.24) is 0 Å². The number of fused-ring (bicyclic) bond motifs is 5. The van der Waals surface area contributed by atoms with E-state index in [0.29, 0.717) is 42.8 Å². The topological polar surface area (TPSA) is 80.7 Å². The average molecular weight is 671 g/mol. The number of sulfone groups is 1. The minimum atomic E-state index is -5.68. The second-order valence-electron chi connectivity index (χ2n) is 13.9. The number of aryl methyl sites for hydroxylation is 1. The van der Waals surface area contributed by atoms with E-state index >= 15 is 0 Å². The molecule has 2 saturated carbocycles. The number of phenolic OH excluding ortho intramolecular Hbond substituents is 1. The van der Waals surface area contributed by atoms with Crippen LogP contribution in [-0.2, 0) is 21.1 Å². The lowest BCUT2D eigenvalue weighted by Crippen LogP contribution is -2.46. The van der Waals surface area contributed by atoms with Crippen molar-refractivity contribution in [1.29, 1.82) is 0 Å². The molecule has 0 aromatic heterocycles. The first-order chi connectivity index (χ1) is 21.5. The summed E-state index contributed by atoms with van der Waals surface area (Å²) in [6.07, 6.45) is -3.06. The predicted octanol–water partition coefficient (Wildman–Crippen LogP) is 8.40. The molecular formula is C35H43F5O5S. The highest BCUT2D eigenvalue weighted by Gasteiger charge is 2.60. The van der Waals surface area contributed by atoms with Gasteiger partial charge in [-0.05, 0) is 116 Å². The zero-order chi connectivity index (χ0) is 33.5. The maximum atomic E-state index is 13.5. The number of ether oxygens (including phenoxy) is 1. The second kappa shape index (κ2) is 13.1. The van der Waals surface area contributed by atoms with Crippen LogP contribution in [0.5, 0.6) is 11.5 Å². The number of hydrogen-bond acceptors (Lipinski definition) is 5. The van der Waals surface area contributed by atoms with Gasteiger partial charge in [-0.15, -0.1) is 0 Å². The summed E-state index contributed by atoms with van der Waals surface area (Å²) in [6, 6.07) is 13.7. The van der Waals surface area contributed by atoms with Gasteiger partial charge in [-0.1, -0.05) is 32.0 Å². The van der Waals surface area contributed by atoms with Crippen LogP contribution >= 0.6 is 0 Å². The van der Waals surface area contributed by atoms with E-state index in [4.69, 9.17) is 4.74 Å². The summed E-state index contributed by atoms with van der Waals surface area (Å²) in [6.45, 7) is 4.56. The van der Waals surface area contributed by atoms with Crippen LogP contribution in [0.3, 0.4) is 0 Å². The van der Waals surface area contributed by atoms with Gasteiger partial charge in [0.2, 0.25) is 0 Å². The van der Waals surface area contributed by atoms with Crippen LogP contribution in [0.2, 0.25) is 0 Å². The van der Waals surface area contributed by atoms with Gasteiger partial charge in [-0.3, -0.25) is 4.79 Å². The predicted molar refractivity (Wildman–Crippen MR) is 165 cm³/mol. The molecule has 11 heteroatoms. The molecule has 0 bridgehead atoms. The first-order valence-corrected chi connectivity index (χ1v) is 18.1. The lowest BCUT2D eigenvalue weighted by molar-refractivity contribution is -0.284. The Morgan fingerprint density at radius 3 is 2.37 bits per heavy atom. The molecule has 0 heterocycles. The van der Waals surface area contributed by atoms with E-state index in [0.717, 1.165) is 31.2 Å². The van der Waals surface area contributed by atoms with Gasteiger partial charge in [0.1, 0.15) is 27.1 Å². The maximum absolute atomic E-state index is 13.5. The molecule has 0 amide bonds. The lowest BCUT2D eigenvalue weighted by atomic mass is 9.51. The highest BCUT2D eigenvalue weighted by atomic mass is 32.2. The number of carbonyl (C=O) groups is 1. The van der Waals surface area contributed by atoms with Crippen molar-refractivity contribution in [2.24, 2.45) is 23.2 Å². The Hall–Kier alpha value is -2.69. The van der Waals surface area contributed by atoms with Gasteiger partial charge < -0.3 is 9.84 Å². The molecule has 3 aliphatic carbocycles. The molecule has 2 aromatic rings. The summed E-state index contributed by atoms with van der Waals surface area (Å²) in [5, 5.41) is 10.2. The molecule has 5 nitrogen and oxygen atoms in total. The van der Waals surface area contributed by atoms with E-state index in [2.05, 4.69) is 32.0 Å². The zero-order valence-electron chi connectivity index (χ0n) is 26.3. The number of Topliss-reactive ketones (excluding diaryl/α,β-unsaturated/α-hetero) is 1. The van der Waals surface area contributed by atoms with Gasteiger partial charge in [0, 0.05) is 17.8 Å². The molecule has 1 N–H and O–H groups in total. The van der Waals surface area contributed by atoms with E-state index < -0.39 is 40.5 Å². The van der Waals surface area contributed by atoms with E-state index in [1.165, 1.54) is 11.1 Å². The summed E-state index contributed by atoms with van der Waals surface area (Å²) in [5.74, 6) is -3.38. The van der Waals surface area contributed by atoms with Crippen LogP contribution in [0.4, 0.5) is 22.0 Å². The number of aromatic hydroxyl groups is 1. The molecule has 0 spiro atoms. The van der Waals surface area contributed by atoms with E-state index in [-0.39, 0.29) is 41.1 Å². The van der Waals surface area contributed by atoms with Crippen LogP contribution in [0, 0.1) is 23.2 Å². The monoisotopic (exact) mass is 670 g/mol. The van der Waals surface area contributed by atoms with Crippen LogP contribution in [0.15, 0.2) is 42.5 Å². The maximum Gasteiger partial charge on any atom is 0.453 e. The molecule has 0 aliphatic heterocycles. The van der Waals surface area contributed by atoms with Gasteiger partial charge in [0.05, 0.1) is 18.1 Å². The van der Waals surface area contributed by atoms with Gasteiger partial charge >= 0.3 is 12.1 Å². The molecule has 0 saturated heterocycles. The standard InChI is InChI=1S/C35H43F5O5S/c1-22-19-30-28-13-9-24-20-25(41)10-14-27(24)31(28)29(21-33(30,2)32(22)42)23-7-11-26(12-8-23)45-16-4-3-5-17-46(43,44)18-6-15-34(36,37)35(38,39)40/h7-8,10-12,14,20,22,28-31,41H,3-6,9,13,15-19,21H2,1-2H3/t22-,28+,29-,30+,31-,33+/m1/s1. The molecule has 2 fully saturated rings. The molecule has 254 valence electrons. The summed E-state index contributed by atoms with van der Waals surface area (Å²) in [4.78, 5) is 13.5. The van der Waals surface area contributed by atoms with Crippen molar-refractivity contribution in [3.05, 3.63) is 59.2 Å². The highest BCUT2D eigenvalue weighted by Crippen LogP contribution is 2.65. The van der Waals surface area contributed by atoms with Gasteiger partial charge in [0.25, 0.3) is 0 Å². The largest absolute Gasteiger partial charge is 0.508 e. The van der Waals surface area contributed by atoms with E-state index in [1.807, 2.05) is 18.2 Å². The van der Waals surface area contributed by atoms with Crippen molar-refractivity contribution in [3.8, 4) is 11.5 Å². The van der Waals surface area contributed by atoms with Crippen molar-refractivity contribution >= 4 is 15.6 Å². The SMILES string of the molecule is C[C@@H]1C[C@H]2[C@@H]3CCc4cc(O)ccc4[C@H]3[C@@H](c3ccc(OCCCCCS(=O)(=O)CCCC(F)(F)C(F)(F)F)cc3)C[C@]2(C)C1=O. The normalized spacial score (nSPS) is 28.0. The van der Waals surface area contributed by atoms with Crippen LogP contribution in [-0.4, -0.2) is 49.5 Å². The number of benzene rings is 2. The molecule has 0 unspecified atom stereocenters. The molecule has 2 aromatic carbocycles. The first kappa shape index (κ1) is 34.6. The summed E-state index contributed by atoms with van der Waals surface area (Å²) in [7, 11) is -3.73. The molecule has 5 rings (SSSR count). The summed E-state index contributed by atoms with van der Waals surface area (Å²) < 4.78 is 92.9. The van der Waals surface area contributed by atoms with Crippen molar-refractivity contribution < 1.29 is 45.0 Å². The number of halogens is 5. The summed E-state index contributed by atoms with van der Waals surface area (Å²) in [5.41, 5.74) is 3.24. The quantitative estimate of drug-likeness (QED) is 0.181. The average Bonchev–Trinajstić information content (AvgIpc) is 3.21. The molecular weight excluding hydrogens is 627 g/mol. The molecule has 0 radical (unpaired) electrons. The van der Waals surface area contributed by atoms with Gasteiger partial charge in [-0.2, -0.15) is 22.0 Å². The number of carbonyl (C=O) groups excluding carboxylic acids is 1. The Kier molecular flexibility index (Phi) is 9.85. The lowest BCUT2D eigenvalue weighted by Gasteiger charge is -2.52. The Morgan fingerprint density at radius 2 is 1.67 bits per heavy atom. The minimum absolute atomic E-state index is 0.0581. The number of unbranched alkanes of at least 4 members (excludes halogenated alkanes) is 2. The fourth-order valence-electron chi connectivity index (χ4n) is 8.49. The fourth-order valence-corrected chi connectivity index (χ4v) is 9.93. The van der Waals surface area contributed by atoms with Gasteiger partial charge in [-0.25, -0.2) is 8.42 Å². The Balaban J connectivity index is 1.15. The Morgan fingerprint density at radius 1 is 0.978 bits per heavy atom. The molecule has 6 atom stereocenters. The smallest absolute Gasteiger partial charge is 0.453 e. The summed E-state index contributed by atoms with van der Waals surface area (Å²) >= 11 is 0. The van der Waals surface area contributed by atoms with Crippen molar-refractivity contribution in [2.45, 2.75) is 95.6 Å². The van der Waals surface area contributed by atoms with Crippen LogP contribution in [0.25, 0.3) is 0 Å². The van der Waals surface area contributed by atoms with Crippen molar-refractivity contribution in [3.63, 3.8) is 0 Å². The van der Waals surface area contributed by atoms with Crippen LogP contribution < -0.4 is 4.74 Å².